The van der Waals surface area contributed by atoms with Gasteiger partial charge in [-0.05, 0) is 4.57 Å². The maximum Gasteiger partial charge on any atom is 0.534 e. The van der Waals surface area contributed by atoms with Crippen molar-refractivity contribution < 1.29 is 56.8 Å². The van der Waals surface area contributed by atoms with E-state index in [0.717, 1.165) is 17.2 Å². The fourth-order valence-corrected chi connectivity index (χ4v) is 6.43. The molecule has 2 saturated heterocycles. The Morgan fingerprint density at radius 2 is 1.76 bits per heavy atom. The zero-order valence-corrected chi connectivity index (χ0v) is 24.9. The Kier molecular flexibility index (Phi) is 8.82. The van der Waals surface area contributed by atoms with Crippen molar-refractivity contribution in [3.05, 3.63) is 29.3 Å². The second-order valence-corrected chi connectivity index (χ2v) is 12.4. The number of nitrogens with two attached hydrogens (primary N) is 2. The lowest BCUT2D eigenvalue weighted by Crippen LogP contribution is -2.36. The van der Waals surface area contributed by atoms with E-state index >= 15 is 4.39 Å². The number of nitrogens with one attached hydrogen (secondary N) is 1. The molecule has 2 aliphatic heterocycles. The van der Waals surface area contributed by atoms with Crippen LogP contribution in [0.1, 0.15) is 12.5 Å². The van der Waals surface area contributed by atoms with E-state index < -0.39 is 90.1 Å². The summed E-state index contributed by atoms with van der Waals surface area (Å²) in [6.07, 6.45) is -10.2. The summed E-state index contributed by atoms with van der Waals surface area (Å²) >= 11 is 0. The highest BCUT2D eigenvalue weighted by Crippen LogP contribution is 2.49. The van der Waals surface area contributed by atoms with Crippen molar-refractivity contribution in [3.8, 4) is 0 Å². The molecule has 0 aliphatic carbocycles. The van der Waals surface area contributed by atoms with Gasteiger partial charge in [0.15, 0.2) is 41.3 Å². The maximum atomic E-state index is 15.7. The Bertz CT molecular complexity index is 1880. The number of hydrogen-bond donors (Lipinski definition) is 7. The Morgan fingerprint density at radius 3 is 2.48 bits per heavy atom. The maximum absolute atomic E-state index is 15.7. The minimum Gasteiger partial charge on any atom is -0.394 e. The summed E-state index contributed by atoms with van der Waals surface area (Å²) in [6, 6.07) is 0. The summed E-state index contributed by atoms with van der Waals surface area (Å²) in [6.45, 7) is -1.63. The number of fused-ring (bicyclic) bond motifs is 2. The van der Waals surface area contributed by atoms with Gasteiger partial charge in [-0.2, -0.15) is 9.88 Å². The lowest BCUT2D eigenvalue weighted by Gasteiger charge is -2.24. The summed E-state index contributed by atoms with van der Waals surface area (Å²) in [5, 5.41) is 20.9. The van der Waals surface area contributed by atoms with E-state index in [2.05, 4.69) is 29.9 Å². The van der Waals surface area contributed by atoms with Crippen LogP contribution in [0.2, 0.25) is 0 Å². The molecule has 6 unspecified atom stereocenters. The Hall–Kier alpha value is -3.60. The summed E-state index contributed by atoms with van der Waals surface area (Å²) in [5.41, 5.74) is 10.7. The largest absolute Gasteiger partial charge is 0.534 e. The molecule has 22 nitrogen and oxygen atoms in total. The molecule has 46 heavy (non-hydrogen) atoms. The third kappa shape index (κ3) is 5.98. The molecule has 0 bridgehead atoms. The van der Waals surface area contributed by atoms with Crippen LogP contribution in [0.15, 0.2) is 23.8 Å². The Morgan fingerprint density at radius 1 is 1.07 bits per heavy atom. The monoisotopic (exact) mass is 691 g/mol. The number of anilines is 2. The highest BCUT2D eigenvalue weighted by molar-refractivity contribution is 7.47. The fraction of sp³-hybridized carbons (Fsp3) is 0.524. The van der Waals surface area contributed by atoms with Crippen molar-refractivity contribution in [1.29, 1.82) is 0 Å². The second-order valence-electron chi connectivity index (χ2n) is 10.1. The number of nitrogen functional groups attached to an aromatic ring is 2. The average molecular weight is 691 g/mol. The van der Waals surface area contributed by atoms with Crippen LogP contribution in [0, 0.1) is 0 Å². The Balaban J connectivity index is 1.19. The van der Waals surface area contributed by atoms with Gasteiger partial charge in [-0.1, -0.05) is 0 Å². The molecule has 6 rings (SSSR count). The van der Waals surface area contributed by atoms with Crippen molar-refractivity contribution in [2.45, 2.75) is 49.1 Å². The van der Waals surface area contributed by atoms with Gasteiger partial charge in [-0.25, -0.2) is 28.9 Å². The first-order valence-electron chi connectivity index (χ1n) is 13.2. The van der Waals surface area contributed by atoms with E-state index in [1.165, 1.54) is 10.9 Å². The van der Waals surface area contributed by atoms with Crippen molar-refractivity contribution in [2.24, 2.45) is 0 Å². The number of alkyl halides is 1. The highest BCUT2D eigenvalue weighted by Gasteiger charge is 2.52. The summed E-state index contributed by atoms with van der Waals surface area (Å²) in [7, 11) is -8.02. The number of aromatic amines is 1. The van der Waals surface area contributed by atoms with Gasteiger partial charge in [-0.15, -0.1) is 0 Å². The number of imidazole rings is 2. The summed E-state index contributed by atoms with van der Waals surface area (Å²) in [5.74, 6) is -0.248. The van der Waals surface area contributed by atoms with Crippen molar-refractivity contribution in [1.82, 2.24) is 39.0 Å². The predicted molar refractivity (Wildman–Crippen MR) is 148 cm³/mol. The number of hydrogen-bond acceptors (Lipinski definition) is 17. The van der Waals surface area contributed by atoms with Crippen molar-refractivity contribution in [3.63, 3.8) is 0 Å². The number of phosphoric acid groups is 1. The van der Waals surface area contributed by atoms with Crippen LogP contribution in [-0.4, -0.2) is 115 Å². The second kappa shape index (κ2) is 12.5. The normalized spacial score (nSPS) is 29.9. The summed E-state index contributed by atoms with van der Waals surface area (Å²) in [4.78, 5) is 54.0. The number of aliphatic hydroxyl groups excluding tert-OH is 2. The zero-order valence-electron chi connectivity index (χ0n) is 23.1. The number of H-pyrrole nitrogens is 1. The van der Waals surface area contributed by atoms with Crippen LogP contribution >= 0.6 is 15.9 Å². The lowest BCUT2D eigenvalue weighted by molar-refractivity contribution is -0.0619. The SMILES string of the molecule is Nc1nc2c(ncn2[C@@H]2O[C@H](COP(=O)(O)OC3C(O)[C@H](n4cnc5c(N)ncnc54)O[C@@H]3CO)C(OC[P+](=O)O)C2F)c(=O)[nH]1. The van der Waals surface area contributed by atoms with Crippen LogP contribution in [0.3, 0.4) is 0 Å². The minimum absolute atomic E-state index is 0.0475. The number of aliphatic hydroxyl groups is 2. The number of phosphoric ester groups is 1. The number of nitrogens with zero attached hydrogens (tertiary/aromatic N) is 7. The van der Waals surface area contributed by atoms with Crippen molar-refractivity contribution in [2.75, 3.05) is 31.0 Å². The molecule has 0 radical (unpaired) electrons. The van der Waals surface area contributed by atoms with Crippen LogP contribution in [0.5, 0.6) is 0 Å². The van der Waals surface area contributed by atoms with Gasteiger partial charge in [0.25, 0.3) is 11.9 Å². The van der Waals surface area contributed by atoms with Crippen molar-refractivity contribution >= 4 is 49.9 Å². The molecule has 0 amide bonds. The molecular weight excluding hydrogens is 665 g/mol. The number of aromatic nitrogens is 8. The predicted octanol–water partition coefficient (Wildman–Crippen LogP) is -1.81. The smallest absolute Gasteiger partial charge is 0.394 e. The molecule has 6 heterocycles. The van der Waals surface area contributed by atoms with Crippen LogP contribution in [0.25, 0.3) is 22.3 Å². The van der Waals surface area contributed by atoms with Gasteiger partial charge < -0.3 is 40.8 Å². The Labute approximate surface area is 255 Å². The molecule has 2 aliphatic rings. The first-order valence-corrected chi connectivity index (χ1v) is 16.1. The third-order valence-electron chi connectivity index (χ3n) is 7.18. The molecule has 9 N–H and O–H groups in total. The van der Waals surface area contributed by atoms with Crippen LogP contribution in [-0.2, 0) is 32.4 Å². The molecule has 4 aromatic heterocycles. The molecule has 0 saturated carbocycles. The van der Waals surface area contributed by atoms with Crippen LogP contribution in [0.4, 0.5) is 16.2 Å². The standard InChI is InChI=1S/C21H25FN10O12P2/c22-9-13(40-6-45(36)37)8(43-19(9)32-5-28-11-17(32)29-21(24)30-18(11)35)2-41-46(38,39)44-14-7(1-33)42-20(12(14)34)31-4-27-10-15(23)25-3-26-16(10)31/h3-5,7-9,12-14,19-20,33-34H,1-2,6H2,(H6-,23,24,25,26,29,30,35,36,37,38,39)/p+1/t7-,8-,9?,12?,13?,14?,19-,20-/m1/s1. The van der Waals surface area contributed by atoms with E-state index in [1.807, 2.05) is 0 Å². The molecule has 0 spiro atoms. The first-order chi connectivity index (χ1) is 21.9. The first kappa shape index (κ1) is 32.3. The zero-order chi connectivity index (χ0) is 32.9. The van der Waals surface area contributed by atoms with Gasteiger partial charge in [0.2, 0.25) is 5.95 Å². The molecule has 25 heteroatoms. The molecule has 10 atom stereocenters. The molecular formula is C21H26FN10O12P2+. The number of halogens is 1. The van der Waals surface area contributed by atoms with Gasteiger partial charge >= 0.3 is 15.9 Å². The van der Waals surface area contributed by atoms with Gasteiger partial charge in [0.05, 0.1) is 25.9 Å². The van der Waals surface area contributed by atoms with E-state index in [-0.39, 0.29) is 34.1 Å². The van der Waals surface area contributed by atoms with Crippen LogP contribution < -0.4 is 17.0 Å². The third-order valence-corrected chi connectivity index (χ3v) is 8.53. The summed E-state index contributed by atoms with van der Waals surface area (Å²) < 4.78 is 69.2. The fourth-order valence-electron chi connectivity index (χ4n) is 5.17. The van der Waals surface area contributed by atoms with E-state index in [4.69, 9.17) is 34.7 Å². The highest BCUT2D eigenvalue weighted by atomic mass is 31.2. The van der Waals surface area contributed by atoms with E-state index in [1.54, 1.807) is 0 Å². The van der Waals surface area contributed by atoms with E-state index in [0.29, 0.717) is 0 Å². The lowest BCUT2D eigenvalue weighted by atomic mass is 10.1. The molecule has 0 aromatic carbocycles. The van der Waals surface area contributed by atoms with E-state index in [9.17, 15) is 33.9 Å². The quantitative estimate of drug-likeness (QED) is 0.0852. The molecule has 2 fully saturated rings. The number of ether oxygens (including phenoxy) is 3. The van der Waals surface area contributed by atoms with Gasteiger partial charge in [0, 0.05) is 0 Å². The van der Waals surface area contributed by atoms with Gasteiger partial charge in [0.1, 0.15) is 42.4 Å². The molecule has 4 aromatic rings. The topological polar surface area (TPSA) is 320 Å². The average Bonchev–Trinajstić information content (AvgIpc) is 3.76. The van der Waals surface area contributed by atoms with Gasteiger partial charge in [-0.3, -0.25) is 28.0 Å². The minimum atomic E-state index is -5.14. The number of rotatable bonds is 11. The molecule has 248 valence electrons.